The lowest BCUT2D eigenvalue weighted by Gasteiger charge is -2.10. The molecule has 0 bridgehead atoms. The molecule has 1 aromatic heterocycles. The third kappa shape index (κ3) is 3.54. The number of hydrogen-bond acceptors (Lipinski definition) is 3. The van der Waals surface area contributed by atoms with Crippen LogP contribution in [0.25, 0.3) is 21.7 Å². The number of aromatic hydroxyl groups is 1. The lowest BCUT2D eigenvalue weighted by Crippen LogP contribution is -1.99. The zero-order chi connectivity index (χ0) is 22.1. The normalized spacial score (nSPS) is 11.5. The molecule has 156 valence electrons. The molecule has 0 radical (unpaired) electrons. The molecule has 5 heteroatoms. The van der Waals surface area contributed by atoms with Gasteiger partial charge in [-0.05, 0) is 41.5 Å². The van der Waals surface area contributed by atoms with E-state index in [1.165, 1.54) is 0 Å². The quantitative estimate of drug-likeness (QED) is 0.326. The Bertz CT molecular complexity index is 1480. The monoisotopic (exact) mass is 419 g/mol. The summed E-state index contributed by atoms with van der Waals surface area (Å²) >= 11 is 0. The minimum atomic E-state index is -0.449. The van der Waals surface area contributed by atoms with Gasteiger partial charge in [-0.25, -0.2) is 0 Å². The largest absolute Gasteiger partial charge is 0.493 e. The van der Waals surface area contributed by atoms with Crippen LogP contribution in [-0.4, -0.2) is 15.6 Å². The summed E-state index contributed by atoms with van der Waals surface area (Å²) in [5.74, 6) is -0.463. The summed E-state index contributed by atoms with van der Waals surface area (Å²) in [7, 11) is 0. The number of aryl methyl sites for hydroxylation is 1. The van der Waals surface area contributed by atoms with Crippen molar-refractivity contribution in [3.63, 3.8) is 0 Å². The molecule has 1 amide bonds. The Balaban J connectivity index is 1.56. The first-order chi connectivity index (χ1) is 15.6. The van der Waals surface area contributed by atoms with Crippen LogP contribution in [0.1, 0.15) is 21.5 Å². The van der Waals surface area contributed by atoms with E-state index >= 15 is 0 Å². The second-order valence-electron chi connectivity index (χ2n) is 7.78. The fourth-order valence-electron chi connectivity index (χ4n) is 3.98. The van der Waals surface area contributed by atoms with Crippen LogP contribution in [0.3, 0.4) is 0 Å². The first-order valence-electron chi connectivity index (χ1n) is 10.4. The Morgan fingerprint density at radius 2 is 1.53 bits per heavy atom. The first-order valence-corrected chi connectivity index (χ1v) is 10.4. The topological polar surface area (TPSA) is 66.9 Å². The van der Waals surface area contributed by atoms with Crippen LogP contribution in [0.2, 0.25) is 0 Å². The molecule has 4 aromatic carbocycles. The molecule has 0 fully saturated rings. The van der Waals surface area contributed by atoms with Gasteiger partial charge in [0, 0.05) is 10.9 Å². The van der Waals surface area contributed by atoms with Crippen LogP contribution in [-0.2, 0) is 6.54 Å². The maximum Gasteiger partial charge on any atom is 0.295 e. The van der Waals surface area contributed by atoms with E-state index in [0.717, 1.165) is 32.8 Å². The maximum absolute atomic E-state index is 12.5. The van der Waals surface area contributed by atoms with Gasteiger partial charge in [-0.2, -0.15) is 0 Å². The van der Waals surface area contributed by atoms with Crippen LogP contribution in [0.5, 0.6) is 5.88 Å². The van der Waals surface area contributed by atoms with E-state index in [0.29, 0.717) is 17.8 Å². The molecule has 0 saturated carbocycles. The molecule has 0 spiro atoms. The smallest absolute Gasteiger partial charge is 0.295 e. The molecule has 0 atom stereocenters. The van der Waals surface area contributed by atoms with Crippen LogP contribution >= 0.6 is 0 Å². The Hall–Kier alpha value is -4.25. The lowest BCUT2D eigenvalue weighted by molar-refractivity contribution is 0.0995. The molecule has 0 aliphatic carbocycles. The SMILES string of the molecule is Cc1ccc(C(=O)N=Nc2c(O)n(Cc3cccc4ccccc34)c3ccccc23)cc1. The summed E-state index contributed by atoms with van der Waals surface area (Å²) in [5.41, 5.74) is 3.72. The number of carbonyl (C=O) groups is 1. The number of benzene rings is 4. The molecule has 1 heterocycles. The Kier molecular flexibility index (Phi) is 5.00. The highest BCUT2D eigenvalue weighted by atomic mass is 16.3. The number of carbonyl (C=O) groups excluding carboxylic acids is 1. The standard InChI is InChI=1S/C27H21N3O2/c1-18-13-15-20(16-14-18)26(31)29-28-25-23-11-4-5-12-24(23)30(27(25)32)17-21-9-6-8-19-7-2-3-10-22(19)21/h2-16,32H,17H2,1H3. The molecular weight excluding hydrogens is 398 g/mol. The molecule has 32 heavy (non-hydrogen) atoms. The minimum absolute atomic E-state index is 0.0143. The van der Waals surface area contributed by atoms with Gasteiger partial charge in [-0.1, -0.05) is 78.4 Å². The fraction of sp³-hybridized carbons (Fsp3) is 0.0741. The first kappa shape index (κ1) is 19.7. The third-order valence-electron chi connectivity index (χ3n) is 5.67. The van der Waals surface area contributed by atoms with Gasteiger partial charge in [0.2, 0.25) is 5.88 Å². The summed E-state index contributed by atoms with van der Waals surface area (Å²) < 4.78 is 1.81. The van der Waals surface area contributed by atoms with Crippen molar-refractivity contribution in [3.05, 3.63) is 108 Å². The summed E-state index contributed by atoms with van der Waals surface area (Å²) in [6.45, 7) is 2.42. The Labute approximate surface area is 185 Å². The maximum atomic E-state index is 12.5. The summed E-state index contributed by atoms with van der Waals surface area (Å²) in [6.07, 6.45) is 0. The van der Waals surface area contributed by atoms with Crippen LogP contribution in [0, 0.1) is 6.92 Å². The average Bonchev–Trinajstić information content (AvgIpc) is 3.09. The Morgan fingerprint density at radius 1 is 0.844 bits per heavy atom. The van der Waals surface area contributed by atoms with Gasteiger partial charge < -0.3 is 9.67 Å². The third-order valence-corrected chi connectivity index (χ3v) is 5.67. The summed E-state index contributed by atoms with van der Waals surface area (Å²) in [5, 5.41) is 22.1. The van der Waals surface area contributed by atoms with E-state index in [4.69, 9.17) is 0 Å². The molecule has 5 nitrogen and oxygen atoms in total. The van der Waals surface area contributed by atoms with Crippen molar-refractivity contribution < 1.29 is 9.90 Å². The molecule has 5 aromatic rings. The van der Waals surface area contributed by atoms with E-state index < -0.39 is 5.91 Å². The average molecular weight is 419 g/mol. The molecular formula is C27H21N3O2. The van der Waals surface area contributed by atoms with Gasteiger partial charge in [-0.15, -0.1) is 10.2 Å². The zero-order valence-electron chi connectivity index (χ0n) is 17.6. The summed E-state index contributed by atoms with van der Waals surface area (Å²) in [6, 6.07) is 29.1. The number of azo groups is 1. The second-order valence-corrected chi connectivity index (χ2v) is 7.78. The van der Waals surface area contributed by atoms with E-state index in [2.05, 4.69) is 34.5 Å². The van der Waals surface area contributed by atoms with Gasteiger partial charge in [0.1, 0.15) is 0 Å². The van der Waals surface area contributed by atoms with E-state index in [-0.39, 0.29) is 5.88 Å². The van der Waals surface area contributed by atoms with Crippen molar-refractivity contribution in [3.8, 4) is 5.88 Å². The van der Waals surface area contributed by atoms with Crippen molar-refractivity contribution in [2.24, 2.45) is 10.2 Å². The second kappa shape index (κ2) is 8.12. The highest BCUT2D eigenvalue weighted by Crippen LogP contribution is 2.39. The van der Waals surface area contributed by atoms with Crippen molar-refractivity contribution in [1.82, 2.24) is 4.57 Å². The van der Waals surface area contributed by atoms with Crippen LogP contribution < -0.4 is 0 Å². The number of aromatic nitrogens is 1. The number of para-hydroxylation sites is 1. The number of rotatable bonds is 4. The van der Waals surface area contributed by atoms with Gasteiger partial charge in [0.05, 0.1) is 12.1 Å². The van der Waals surface area contributed by atoms with E-state index in [9.17, 15) is 9.90 Å². The number of amides is 1. The lowest BCUT2D eigenvalue weighted by atomic mass is 10.0. The molecule has 1 N–H and O–H groups in total. The van der Waals surface area contributed by atoms with E-state index in [1.54, 1.807) is 12.1 Å². The molecule has 0 aliphatic heterocycles. The van der Waals surface area contributed by atoms with Gasteiger partial charge in [-0.3, -0.25) is 4.79 Å². The van der Waals surface area contributed by atoms with Crippen LogP contribution in [0.4, 0.5) is 5.69 Å². The molecule has 5 rings (SSSR count). The zero-order valence-corrected chi connectivity index (χ0v) is 17.6. The van der Waals surface area contributed by atoms with Crippen molar-refractivity contribution in [2.75, 3.05) is 0 Å². The summed E-state index contributed by atoms with van der Waals surface area (Å²) in [4.78, 5) is 12.5. The van der Waals surface area contributed by atoms with Crippen molar-refractivity contribution >= 4 is 33.3 Å². The van der Waals surface area contributed by atoms with Gasteiger partial charge in [0.25, 0.3) is 5.91 Å². The highest BCUT2D eigenvalue weighted by Gasteiger charge is 2.18. The predicted octanol–water partition coefficient (Wildman–Crippen LogP) is 6.78. The van der Waals surface area contributed by atoms with Crippen LogP contribution in [0.15, 0.2) is 101 Å². The number of nitrogens with zero attached hydrogens (tertiary/aromatic N) is 3. The van der Waals surface area contributed by atoms with E-state index in [1.807, 2.05) is 66.1 Å². The predicted molar refractivity (Wildman–Crippen MR) is 127 cm³/mol. The molecule has 0 saturated heterocycles. The van der Waals surface area contributed by atoms with Gasteiger partial charge >= 0.3 is 0 Å². The number of hydrogen-bond donors (Lipinski definition) is 1. The number of fused-ring (bicyclic) bond motifs is 2. The van der Waals surface area contributed by atoms with Crippen molar-refractivity contribution in [1.29, 1.82) is 0 Å². The molecule has 0 aliphatic rings. The van der Waals surface area contributed by atoms with Gasteiger partial charge in [0.15, 0.2) is 5.69 Å². The highest BCUT2D eigenvalue weighted by molar-refractivity contribution is 5.97. The van der Waals surface area contributed by atoms with Crippen molar-refractivity contribution in [2.45, 2.75) is 13.5 Å². The Morgan fingerprint density at radius 3 is 2.34 bits per heavy atom. The fourth-order valence-corrected chi connectivity index (χ4v) is 3.98. The minimum Gasteiger partial charge on any atom is -0.493 e. The molecule has 0 unspecified atom stereocenters.